The molecule has 1 aromatic carbocycles. The zero-order valence-corrected chi connectivity index (χ0v) is 14.4. The van der Waals surface area contributed by atoms with Crippen LogP contribution in [0.25, 0.3) is 0 Å². The maximum atomic E-state index is 12.6. The average Bonchev–Trinajstić information content (AvgIpc) is 3.11. The highest BCUT2D eigenvalue weighted by atomic mass is 35.5. The van der Waals surface area contributed by atoms with Gasteiger partial charge in [0.1, 0.15) is 5.75 Å². The minimum atomic E-state index is -0.384. The fourth-order valence-electron chi connectivity index (χ4n) is 2.67. The molecule has 1 amide bonds. The lowest BCUT2D eigenvalue weighted by molar-refractivity contribution is 0.102. The Morgan fingerprint density at radius 3 is 2.79 bits per heavy atom. The molecule has 0 atom stereocenters. The third-order valence-electron chi connectivity index (χ3n) is 3.94. The fraction of sp³-hybridized carbons (Fsp3) is 0.353. The Balaban J connectivity index is 1.85. The van der Waals surface area contributed by atoms with Crippen molar-refractivity contribution in [3.63, 3.8) is 0 Å². The number of carbonyl (C=O) groups excluding carboxylic acids is 1. The number of benzene rings is 1. The Kier molecular flexibility index (Phi) is 4.85. The topological polar surface area (TPSA) is 67.3 Å². The van der Waals surface area contributed by atoms with Crippen molar-refractivity contribution >= 4 is 29.1 Å². The summed E-state index contributed by atoms with van der Waals surface area (Å²) in [5.74, 6) is 0.746. The lowest BCUT2D eigenvalue weighted by Gasteiger charge is -2.16. The van der Waals surface area contributed by atoms with E-state index in [1.807, 2.05) is 19.1 Å². The molecule has 0 spiro atoms. The van der Waals surface area contributed by atoms with Gasteiger partial charge in [-0.1, -0.05) is 17.7 Å². The Morgan fingerprint density at radius 2 is 2.08 bits per heavy atom. The molecule has 2 heterocycles. The number of aromatic nitrogens is 2. The van der Waals surface area contributed by atoms with Gasteiger partial charge < -0.3 is 15.0 Å². The van der Waals surface area contributed by atoms with Crippen molar-refractivity contribution < 1.29 is 9.53 Å². The zero-order valence-electron chi connectivity index (χ0n) is 13.7. The number of methoxy groups -OCH3 is 1. The van der Waals surface area contributed by atoms with Crippen LogP contribution in [0.5, 0.6) is 5.75 Å². The highest BCUT2D eigenvalue weighted by Crippen LogP contribution is 2.27. The molecule has 1 aliphatic rings. The van der Waals surface area contributed by atoms with Crippen molar-refractivity contribution in [2.45, 2.75) is 19.8 Å². The zero-order chi connectivity index (χ0) is 17.1. The molecule has 24 heavy (non-hydrogen) atoms. The summed E-state index contributed by atoms with van der Waals surface area (Å²) in [6.07, 6.45) is 3.69. The molecule has 2 aromatic rings. The Labute approximate surface area is 145 Å². The SMILES string of the molecule is COc1cc(C)ccc1NC(=O)c1nc(N2CCCC2)ncc1Cl. The highest BCUT2D eigenvalue weighted by molar-refractivity contribution is 6.34. The molecule has 1 aliphatic heterocycles. The van der Waals surface area contributed by atoms with E-state index in [0.717, 1.165) is 31.5 Å². The fourth-order valence-corrected chi connectivity index (χ4v) is 2.85. The highest BCUT2D eigenvalue weighted by Gasteiger charge is 2.20. The summed E-state index contributed by atoms with van der Waals surface area (Å²) in [5, 5.41) is 3.03. The van der Waals surface area contributed by atoms with Crippen LogP contribution < -0.4 is 15.0 Å². The maximum absolute atomic E-state index is 12.6. The standard InChI is InChI=1S/C17H19ClN4O2/c1-11-5-6-13(14(9-11)24-2)20-16(23)15-12(18)10-19-17(21-15)22-7-3-4-8-22/h5-6,9-10H,3-4,7-8H2,1-2H3,(H,20,23). The van der Waals surface area contributed by atoms with Crippen LogP contribution in [0.1, 0.15) is 28.9 Å². The van der Waals surface area contributed by atoms with Gasteiger partial charge in [0, 0.05) is 13.1 Å². The predicted octanol–water partition coefficient (Wildman–Crippen LogP) is 3.30. The normalized spacial score (nSPS) is 13.9. The van der Waals surface area contributed by atoms with Crippen LogP contribution in [0.4, 0.5) is 11.6 Å². The van der Waals surface area contributed by atoms with E-state index in [0.29, 0.717) is 17.4 Å². The number of rotatable bonds is 4. The van der Waals surface area contributed by atoms with Gasteiger partial charge in [-0.3, -0.25) is 4.79 Å². The van der Waals surface area contributed by atoms with Crippen molar-refractivity contribution in [2.24, 2.45) is 0 Å². The van der Waals surface area contributed by atoms with Crippen molar-refractivity contribution in [1.82, 2.24) is 9.97 Å². The Hall–Kier alpha value is -2.34. The van der Waals surface area contributed by atoms with E-state index in [-0.39, 0.29) is 16.6 Å². The summed E-state index contributed by atoms with van der Waals surface area (Å²) in [6, 6.07) is 5.55. The molecule has 0 unspecified atom stereocenters. The quantitative estimate of drug-likeness (QED) is 0.920. The molecule has 3 rings (SSSR count). The van der Waals surface area contributed by atoms with Gasteiger partial charge in [0.25, 0.3) is 5.91 Å². The second-order valence-electron chi connectivity index (χ2n) is 5.72. The number of halogens is 1. The molecule has 1 fully saturated rings. The molecule has 0 saturated carbocycles. The Bertz CT molecular complexity index is 760. The number of hydrogen-bond donors (Lipinski definition) is 1. The van der Waals surface area contributed by atoms with E-state index in [9.17, 15) is 4.79 Å². The molecule has 126 valence electrons. The molecular formula is C17H19ClN4O2. The van der Waals surface area contributed by atoms with Crippen molar-refractivity contribution in [3.8, 4) is 5.75 Å². The number of nitrogens with zero attached hydrogens (tertiary/aromatic N) is 3. The molecule has 0 radical (unpaired) electrons. The van der Waals surface area contributed by atoms with E-state index in [1.54, 1.807) is 13.2 Å². The van der Waals surface area contributed by atoms with Crippen molar-refractivity contribution in [3.05, 3.63) is 40.7 Å². The van der Waals surface area contributed by atoms with Crippen LogP contribution in [-0.2, 0) is 0 Å². The first-order valence-electron chi connectivity index (χ1n) is 7.82. The first kappa shape index (κ1) is 16.5. The molecule has 7 heteroatoms. The van der Waals surface area contributed by atoms with E-state index < -0.39 is 0 Å². The number of aryl methyl sites for hydroxylation is 1. The average molecular weight is 347 g/mol. The number of carbonyl (C=O) groups is 1. The van der Waals surface area contributed by atoms with Crippen LogP contribution >= 0.6 is 11.6 Å². The number of ether oxygens (including phenoxy) is 1. The first-order valence-corrected chi connectivity index (χ1v) is 8.20. The molecular weight excluding hydrogens is 328 g/mol. The van der Waals surface area contributed by atoms with Gasteiger partial charge in [0.15, 0.2) is 5.69 Å². The van der Waals surface area contributed by atoms with Gasteiger partial charge in [0.05, 0.1) is 24.0 Å². The van der Waals surface area contributed by atoms with Gasteiger partial charge in [0.2, 0.25) is 5.95 Å². The smallest absolute Gasteiger partial charge is 0.276 e. The van der Waals surface area contributed by atoms with Gasteiger partial charge in [-0.2, -0.15) is 0 Å². The number of amides is 1. The summed E-state index contributed by atoms with van der Waals surface area (Å²) < 4.78 is 5.31. The number of hydrogen-bond acceptors (Lipinski definition) is 5. The van der Waals surface area contributed by atoms with Crippen LogP contribution in [-0.4, -0.2) is 36.1 Å². The van der Waals surface area contributed by atoms with E-state index >= 15 is 0 Å². The molecule has 1 N–H and O–H groups in total. The monoisotopic (exact) mass is 346 g/mol. The third-order valence-corrected chi connectivity index (χ3v) is 4.22. The first-order chi connectivity index (χ1) is 11.6. The summed E-state index contributed by atoms with van der Waals surface area (Å²) >= 11 is 6.13. The van der Waals surface area contributed by atoms with Crippen molar-refractivity contribution in [1.29, 1.82) is 0 Å². The third kappa shape index (κ3) is 3.43. The minimum Gasteiger partial charge on any atom is -0.495 e. The van der Waals surface area contributed by atoms with E-state index in [1.165, 1.54) is 6.20 Å². The van der Waals surface area contributed by atoms with Gasteiger partial charge in [-0.05, 0) is 37.5 Å². The largest absolute Gasteiger partial charge is 0.495 e. The van der Waals surface area contributed by atoms with Gasteiger partial charge in [-0.15, -0.1) is 0 Å². The summed E-state index contributed by atoms with van der Waals surface area (Å²) in [4.78, 5) is 23.2. The molecule has 0 aliphatic carbocycles. The van der Waals surface area contributed by atoms with E-state index in [4.69, 9.17) is 16.3 Å². The second kappa shape index (κ2) is 7.05. The van der Waals surface area contributed by atoms with Crippen LogP contribution in [0.3, 0.4) is 0 Å². The summed E-state index contributed by atoms with van der Waals surface area (Å²) in [5.41, 5.74) is 1.78. The van der Waals surface area contributed by atoms with Gasteiger partial charge >= 0.3 is 0 Å². The second-order valence-corrected chi connectivity index (χ2v) is 6.13. The number of nitrogens with one attached hydrogen (secondary N) is 1. The Morgan fingerprint density at radius 1 is 1.33 bits per heavy atom. The van der Waals surface area contributed by atoms with Crippen molar-refractivity contribution in [2.75, 3.05) is 30.4 Å². The molecule has 1 aromatic heterocycles. The summed E-state index contributed by atoms with van der Waals surface area (Å²) in [6.45, 7) is 3.75. The maximum Gasteiger partial charge on any atom is 0.276 e. The summed E-state index contributed by atoms with van der Waals surface area (Å²) in [7, 11) is 1.56. The van der Waals surface area contributed by atoms with Gasteiger partial charge in [-0.25, -0.2) is 9.97 Å². The molecule has 6 nitrogen and oxygen atoms in total. The molecule has 0 bridgehead atoms. The lowest BCUT2D eigenvalue weighted by atomic mass is 10.2. The predicted molar refractivity (Wildman–Crippen MR) is 94.2 cm³/mol. The van der Waals surface area contributed by atoms with Crippen LogP contribution in [0.2, 0.25) is 5.02 Å². The number of anilines is 2. The molecule has 1 saturated heterocycles. The lowest BCUT2D eigenvalue weighted by Crippen LogP contribution is -2.23. The van der Waals surface area contributed by atoms with E-state index in [2.05, 4.69) is 20.2 Å². The minimum absolute atomic E-state index is 0.163. The van der Waals surface area contributed by atoms with Crippen LogP contribution in [0, 0.1) is 6.92 Å². The van der Waals surface area contributed by atoms with Crippen LogP contribution in [0.15, 0.2) is 24.4 Å².